The number of hydrogen-bond acceptors (Lipinski definition) is 6. The number of piperidine rings is 1. The number of amides is 1. The zero-order chi connectivity index (χ0) is 19.5. The smallest absolute Gasteiger partial charge is 0.269 e. The van der Waals surface area contributed by atoms with Crippen LogP contribution in [0, 0.1) is 0 Å². The van der Waals surface area contributed by atoms with E-state index in [2.05, 4.69) is 26.8 Å². The molecule has 3 aromatic rings. The maximum atomic E-state index is 13.1. The molecule has 0 unspecified atom stereocenters. The maximum Gasteiger partial charge on any atom is 0.269 e. The second-order valence-electron chi connectivity index (χ2n) is 6.65. The molecule has 3 heterocycles. The summed E-state index contributed by atoms with van der Waals surface area (Å²) in [5, 5.41) is 3.30. The number of benzene rings is 1. The minimum Gasteiger partial charge on any atom is -0.351 e. The first kappa shape index (κ1) is 17.8. The Hall–Kier alpha value is -3.55. The lowest BCUT2D eigenvalue weighted by atomic mass is 10.1. The molecule has 0 saturated carbocycles. The molecule has 1 aliphatic rings. The summed E-state index contributed by atoms with van der Waals surface area (Å²) in [5.74, 6) is 0.555. The summed E-state index contributed by atoms with van der Waals surface area (Å²) in [4.78, 5) is 39.5. The van der Waals surface area contributed by atoms with Crippen molar-refractivity contribution in [2.24, 2.45) is 0 Å². The summed E-state index contributed by atoms with van der Waals surface area (Å²) in [5.41, 5.74) is 1.02. The second kappa shape index (κ2) is 7.59. The van der Waals surface area contributed by atoms with Crippen LogP contribution in [-0.2, 0) is 4.79 Å². The van der Waals surface area contributed by atoms with E-state index in [1.165, 1.54) is 23.0 Å². The molecule has 1 fully saturated rings. The highest BCUT2D eigenvalue weighted by Crippen LogP contribution is 2.17. The third kappa shape index (κ3) is 3.36. The molecule has 142 valence electrons. The van der Waals surface area contributed by atoms with Crippen LogP contribution in [0.1, 0.15) is 12.8 Å². The molecular weight excluding hydrogens is 356 g/mol. The predicted molar refractivity (Wildman–Crippen MR) is 106 cm³/mol. The number of nitrogens with zero attached hydrogens (tertiary/aromatic N) is 5. The summed E-state index contributed by atoms with van der Waals surface area (Å²) in [6, 6.07) is 9.34. The summed E-state index contributed by atoms with van der Waals surface area (Å²) < 4.78 is 1.39. The van der Waals surface area contributed by atoms with Gasteiger partial charge in [-0.05, 0) is 24.5 Å². The molecule has 1 aromatic carbocycles. The van der Waals surface area contributed by atoms with Crippen LogP contribution in [0.2, 0.25) is 0 Å². The molecule has 0 bridgehead atoms. The molecule has 28 heavy (non-hydrogen) atoms. The number of hydrogen-bond donors (Lipinski definition) is 1. The van der Waals surface area contributed by atoms with Gasteiger partial charge in [-0.25, -0.2) is 19.4 Å². The van der Waals surface area contributed by atoms with Gasteiger partial charge in [0, 0.05) is 25.3 Å². The lowest BCUT2D eigenvalue weighted by Gasteiger charge is -2.32. The second-order valence-corrected chi connectivity index (χ2v) is 6.65. The van der Waals surface area contributed by atoms with Gasteiger partial charge in [-0.2, -0.15) is 0 Å². The summed E-state index contributed by atoms with van der Waals surface area (Å²) in [6.45, 7) is 4.78. The van der Waals surface area contributed by atoms with Crippen LogP contribution in [0.25, 0.3) is 16.9 Å². The first-order chi connectivity index (χ1) is 13.7. The van der Waals surface area contributed by atoms with E-state index in [-0.39, 0.29) is 23.3 Å². The standard InChI is InChI=1S/C20H20N6O2/c1-2-17(27)25-10-6-9-15(12-25)24-20-23-13-22-19-21-11-16(18(28)26(19)20)14-7-4-3-5-8-14/h2-5,7-8,11,13,15H,1,6,9-10,12H2,(H,21,22,23,24)/t15-/m1/s1. The highest BCUT2D eigenvalue weighted by molar-refractivity contribution is 5.87. The molecular formula is C20H20N6O2. The van der Waals surface area contributed by atoms with Crippen molar-refractivity contribution in [2.45, 2.75) is 18.9 Å². The minimum absolute atomic E-state index is 0.0250. The van der Waals surface area contributed by atoms with Gasteiger partial charge in [0.25, 0.3) is 5.56 Å². The van der Waals surface area contributed by atoms with Crippen molar-refractivity contribution >= 4 is 17.6 Å². The Morgan fingerprint density at radius 2 is 2.04 bits per heavy atom. The van der Waals surface area contributed by atoms with Crippen LogP contribution in [0.15, 0.2) is 60.3 Å². The SMILES string of the molecule is C=CC(=O)N1CCC[C@@H](Nc2ncnc3ncc(-c4ccccc4)c(=O)n23)C1. The number of likely N-dealkylation sites (tertiary alicyclic amines) is 1. The highest BCUT2D eigenvalue weighted by atomic mass is 16.2. The van der Waals surface area contributed by atoms with Gasteiger partial charge < -0.3 is 10.2 Å². The molecule has 2 aromatic heterocycles. The first-order valence-electron chi connectivity index (χ1n) is 9.13. The van der Waals surface area contributed by atoms with Crippen molar-refractivity contribution in [3.8, 4) is 11.1 Å². The lowest BCUT2D eigenvalue weighted by Crippen LogP contribution is -2.45. The van der Waals surface area contributed by atoms with E-state index in [0.29, 0.717) is 24.6 Å². The minimum atomic E-state index is -0.242. The number of anilines is 1. The fourth-order valence-corrected chi connectivity index (χ4v) is 3.45. The van der Waals surface area contributed by atoms with Gasteiger partial charge in [-0.15, -0.1) is 0 Å². The molecule has 1 saturated heterocycles. The van der Waals surface area contributed by atoms with E-state index in [4.69, 9.17) is 0 Å². The quantitative estimate of drug-likeness (QED) is 0.698. The number of fused-ring (bicyclic) bond motifs is 1. The molecule has 0 radical (unpaired) electrons. The molecule has 8 nitrogen and oxygen atoms in total. The third-order valence-electron chi connectivity index (χ3n) is 4.83. The number of carbonyl (C=O) groups excluding carboxylic acids is 1. The largest absolute Gasteiger partial charge is 0.351 e. The Kier molecular flexibility index (Phi) is 4.84. The molecule has 1 atom stereocenters. The Balaban J connectivity index is 1.70. The van der Waals surface area contributed by atoms with Gasteiger partial charge >= 0.3 is 0 Å². The summed E-state index contributed by atoms with van der Waals surface area (Å²) in [6.07, 6.45) is 5.97. The van der Waals surface area contributed by atoms with Crippen molar-refractivity contribution in [3.63, 3.8) is 0 Å². The molecule has 0 aliphatic carbocycles. The average Bonchev–Trinajstić information content (AvgIpc) is 2.74. The third-order valence-corrected chi connectivity index (χ3v) is 4.83. The van der Waals surface area contributed by atoms with E-state index in [1.807, 2.05) is 30.3 Å². The van der Waals surface area contributed by atoms with Gasteiger partial charge in [0.15, 0.2) is 0 Å². The summed E-state index contributed by atoms with van der Waals surface area (Å²) >= 11 is 0. The van der Waals surface area contributed by atoms with Crippen molar-refractivity contribution < 1.29 is 4.79 Å². The van der Waals surface area contributed by atoms with Crippen LogP contribution < -0.4 is 10.9 Å². The van der Waals surface area contributed by atoms with Crippen molar-refractivity contribution in [2.75, 3.05) is 18.4 Å². The van der Waals surface area contributed by atoms with Gasteiger partial charge in [-0.1, -0.05) is 36.9 Å². The van der Waals surface area contributed by atoms with Gasteiger partial charge in [-0.3, -0.25) is 9.59 Å². The van der Waals surface area contributed by atoms with Crippen LogP contribution >= 0.6 is 0 Å². The average molecular weight is 376 g/mol. The number of nitrogens with one attached hydrogen (secondary N) is 1. The molecule has 4 rings (SSSR count). The Labute approximate surface area is 161 Å². The normalized spacial score (nSPS) is 16.7. The van der Waals surface area contributed by atoms with Crippen LogP contribution in [-0.4, -0.2) is 49.3 Å². The zero-order valence-corrected chi connectivity index (χ0v) is 15.3. The number of carbonyl (C=O) groups is 1. The van der Waals surface area contributed by atoms with E-state index in [9.17, 15) is 9.59 Å². The topological polar surface area (TPSA) is 92.5 Å². The van der Waals surface area contributed by atoms with Crippen LogP contribution in [0.3, 0.4) is 0 Å². The highest BCUT2D eigenvalue weighted by Gasteiger charge is 2.23. The maximum absolute atomic E-state index is 13.1. The Morgan fingerprint density at radius 3 is 2.82 bits per heavy atom. The van der Waals surface area contributed by atoms with Gasteiger partial charge in [0.2, 0.25) is 17.6 Å². The van der Waals surface area contributed by atoms with Crippen LogP contribution in [0.4, 0.5) is 5.95 Å². The molecule has 1 aliphatic heterocycles. The van der Waals surface area contributed by atoms with Crippen LogP contribution in [0.5, 0.6) is 0 Å². The monoisotopic (exact) mass is 376 g/mol. The van der Waals surface area contributed by atoms with E-state index >= 15 is 0 Å². The lowest BCUT2D eigenvalue weighted by molar-refractivity contribution is -0.127. The van der Waals surface area contributed by atoms with E-state index < -0.39 is 0 Å². The molecule has 8 heteroatoms. The molecule has 0 spiro atoms. The molecule has 1 amide bonds. The Morgan fingerprint density at radius 1 is 1.21 bits per heavy atom. The van der Waals surface area contributed by atoms with Crippen molar-refractivity contribution in [1.29, 1.82) is 0 Å². The van der Waals surface area contributed by atoms with Gasteiger partial charge in [0.05, 0.1) is 5.56 Å². The molecule has 1 N–H and O–H groups in total. The fourth-order valence-electron chi connectivity index (χ4n) is 3.45. The van der Waals surface area contributed by atoms with Crippen molar-refractivity contribution in [3.05, 3.63) is 65.9 Å². The zero-order valence-electron chi connectivity index (χ0n) is 15.3. The number of rotatable bonds is 4. The van der Waals surface area contributed by atoms with E-state index in [1.54, 1.807) is 4.90 Å². The van der Waals surface area contributed by atoms with Crippen molar-refractivity contribution in [1.82, 2.24) is 24.3 Å². The predicted octanol–water partition coefficient (Wildman–Crippen LogP) is 1.74. The van der Waals surface area contributed by atoms with E-state index in [0.717, 1.165) is 18.4 Å². The first-order valence-corrected chi connectivity index (χ1v) is 9.13. The summed E-state index contributed by atoms with van der Waals surface area (Å²) in [7, 11) is 0. The Bertz CT molecular complexity index is 1080. The fraction of sp³-hybridized carbons (Fsp3) is 0.250. The van der Waals surface area contributed by atoms with Gasteiger partial charge in [0.1, 0.15) is 6.33 Å². The number of aromatic nitrogens is 4.